The van der Waals surface area contributed by atoms with Crippen molar-refractivity contribution in [3.63, 3.8) is 0 Å². The number of carbonyl (C=O) groups excluding carboxylic acids is 1. The molecule has 0 saturated heterocycles. The van der Waals surface area contributed by atoms with Gasteiger partial charge in [0.1, 0.15) is 17.5 Å². The fraction of sp³-hybridized carbons (Fsp3) is 0.0556. The van der Waals surface area contributed by atoms with Crippen LogP contribution < -0.4 is 11.1 Å². The molecule has 3 N–H and O–H groups in total. The average molecular weight is 302 g/mol. The summed E-state index contributed by atoms with van der Waals surface area (Å²) in [5.41, 5.74) is 8.56. The fourth-order valence-corrected chi connectivity index (χ4v) is 2.42. The zero-order valence-corrected chi connectivity index (χ0v) is 12.3. The van der Waals surface area contributed by atoms with E-state index in [2.05, 4.69) is 10.3 Å². The van der Waals surface area contributed by atoms with E-state index in [1.807, 2.05) is 54.6 Å². The van der Waals surface area contributed by atoms with Gasteiger partial charge in [0.15, 0.2) is 0 Å². The first-order valence-electron chi connectivity index (χ1n) is 7.11. The predicted molar refractivity (Wildman–Crippen MR) is 88.0 cm³/mol. The van der Waals surface area contributed by atoms with Gasteiger partial charge in [-0.15, -0.1) is 0 Å². The normalized spacial score (nSPS) is 14.5. The molecule has 0 aliphatic carbocycles. The Kier molecular flexibility index (Phi) is 3.89. The number of aliphatic imine (C=N–C) groups is 1. The number of amidine groups is 1. The summed E-state index contributed by atoms with van der Waals surface area (Å²) in [6, 6.07) is 18.7. The second-order valence-electron chi connectivity index (χ2n) is 5.05. The molecule has 112 valence electrons. The molecule has 1 heterocycles. The minimum Gasteiger partial charge on any atom is -0.383 e. The van der Waals surface area contributed by atoms with Gasteiger partial charge in [0.2, 0.25) is 0 Å². The molecule has 2 aromatic rings. The minimum absolute atomic E-state index is 0.0335. The molecule has 0 aromatic heterocycles. The number of nitrogens with one attached hydrogen (secondary N) is 1. The van der Waals surface area contributed by atoms with Crippen molar-refractivity contribution >= 4 is 17.4 Å². The standard InChI is InChI=1S/C18H14N4O/c19-10-15(18(23)21-11-12-6-2-1-3-7-12)16-13-8-4-5-9-14(13)17(20)22-16/h1-9H,11H2,(H2,20,22)(H,21,23)/b16-15-. The fourth-order valence-electron chi connectivity index (χ4n) is 2.42. The molecule has 0 fully saturated rings. The Bertz CT molecular complexity index is 860. The highest BCUT2D eigenvalue weighted by atomic mass is 16.1. The molecule has 23 heavy (non-hydrogen) atoms. The summed E-state index contributed by atoms with van der Waals surface area (Å²) in [6.07, 6.45) is 0. The second-order valence-corrected chi connectivity index (χ2v) is 5.05. The summed E-state index contributed by atoms with van der Waals surface area (Å²) in [4.78, 5) is 16.5. The number of benzene rings is 2. The molecule has 0 unspecified atom stereocenters. The van der Waals surface area contributed by atoms with E-state index >= 15 is 0 Å². The first kappa shape index (κ1) is 14.5. The van der Waals surface area contributed by atoms with Crippen LogP contribution in [0.25, 0.3) is 5.70 Å². The molecule has 0 spiro atoms. The van der Waals surface area contributed by atoms with Crippen molar-refractivity contribution < 1.29 is 4.79 Å². The number of hydrogen-bond acceptors (Lipinski definition) is 4. The molecule has 0 saturated carbocycles. The van der Waals surface area contributed by atoms with Gasteiger partial charge in [-0.05, 0) is 5.56 Å². The van der Waals surface area contributed by atoms with Gasteiger partial charge in [0, 0.05) is 17.7 Å². The topological polar surface area (TPSA) is 91.3 Å². The molecule has 2 aromatic carbocycles. The lowest BCUT2D eigenvalue weighted by Gasteiger charge is -2.06. The Hall–Kier alpha value is -3.39. The van der Waals surface area contributed by atoms with Gasteiger partial charge in [0.05, 0.1) is 5.70 Å². The highest BCUT2D eigenvalue weighted by molar-refractivity contribution is 6.14. The van der Waals surface area contributed by atoms with E-state index in [1.54, 1.807) is 6.07 Å². The van der Waals surface area contributed by atoms with Crippen LogP contribution in [0.4, 0.5) is 0 Å². The van der Waals surface area contributed by atoms with Gasteiger partial charge < -0.3 is 11.1 Å². The van der Waals surface area contributed by atoms with E-state index in [0.29, 0.717) is 23.6 Å². The highest BCUT2D eigenvalue weighted by Crippen LogP contribution is 2.29. The summed E-state index contributed by atoms with van der Waals surface area (Å²) in [7, 11) is 0. The summed E-state index contributed by atoms with van der Waals surface area (Å²) in [5, 5.41) is 12.1. The largest absolute Gasteiger partial charge is 0.383 e. The van der Waals surface area contributed by atoms with E-state index in [0.717, 1.165) is 11.1 Å². The van der Waals surface area contributed by atoms with Crippen LogP contribution in [0.5, 0.6) is 0 Å². The van der Waals surface area contributed by atoms with Gasteiger partial charge in [-0.2, -0.15) is 5.26 Å². The third kappa shape index (κ3) is 2.83. The number of amides is 1. The Morgan fingerprint density at radius 2 is 1.74 bits per heavy atom. The number of carbonyl (C=O) groups is 1. The lowest BCUT2D eigenvalue weighted by atomic mass is 10.0. The third-order valence-electron chi connectivity index (χ3n) is 3.56. The second kappa shape index (κ2) is 6.16. The molecular formula is C18H14N4O. The van der Waals surface area contributed by atoms with Gasteiger partial charge >= 0.3 is 0 Å². The molecule has 0 radical (unpaired) electrons. The molecule has 5 nitrogen and oxygen atoms in total. The van der Waals surface area contributed by atoms with Crippen LogP contribution in [0.3, 0.4) is 0 Å². The van der Waals surface area contributed by atoms with Gasteiger partial charge in [-0.3, -0.25) is 4.79 Å². The third-order valence-corrected chi connectivity index (χ3v) is 3.56. The van der Waals surface area contributed by atoms with Crippen molar-refractivity contribution in [2.45, 2.75) is 6.54 Å². The summed E-state index contributed by atoms with van der Waals surface area (Å²) >= 11 is 0. The van der Waals surface area contributed by atoms with E-state index in [-0.39, 0.29) is 5.57 Å². The SMILES string of the molecule is N#C/C(C(=O)NCc1ccccc1)=C1/N=C(N)c2ccccc21. The van der Waals surface area contributed by atoms with Gasteiger partial charge in [0.25, 0.3) is 5.91 Å². The number of fused-ring (bicyclic) bond motifs is 1. The Morgan fingerprint density at radius 3 is 2.43 bits per heavy atom. The van der Waals surface area contributed by atoms with Crippen LogP contribution in [-0.2, 0) is 11.3 Å². The lowest BCUT2D eigenvalue weighted by molar-refractivity contribution is -0.117. The van der Waals surface area contributed by atoms with Crippen LogP contribution >= 0.6 is 0 Å². The van der Waals surface area contributed by atoms with Crippen molar-refractivity contribution in [2.75, 3.05) is 0 Å². The molecule has 0 atom stereocenters. The van der Waals surface area contributed by atoms with Crippen LogP contribution in [-0.4, -0.2) is 11.7 Å². The first-order chi connectivity index (χ1) is 11.2. The van der Waals surface area contributed by atoms with Crippen molar-refractivity contribution in [2.24, 2.45) is 10.7 Å². The smallest absolute Gasteiger partial charge is 0.264 e. The Labute approximate surface area is 133 Å². The van der Waals surface area contributed by atoms with Crippen LogP contribution in [0.15, 0.2) is 65.2 Å². The maximum atomic E-state index is 12.3. The molecule has 1 amide bonds. The number of nitrogens with two attached hydrogens (primary N) is 1. The van der Waals surface area contributed by atoms with Crippen LogP contribution in [0.1, 0.15) is 16.7 Å². The van der Waals surface area contributed by atoms with Crippen LogP contribution in [0.2, 0.25) is 0 Å². The van der Waals surface area contributed by atoms with Crippen molar-refractivity contribution in [1.29, 1.82) is 5.26 Å². The Morgan fingerprint density at radius 1 is 1.09 bits per heavy atom. The summed E-state index contributed by atoms with van der Waals surface area (Å²) in [5.74, 6) is -0.140. The lowest BCUT2D eigenvalue weighted by Crippen LogP contribution is -2.24. The first-order valence-corrected chi connectivity index (χ1v) is 7.11. The number of hydrogen-bond donors (Lipinski definition) is 2. The molecule has 3 rings (SSSR count). The minimum atomic E-state index is -0.459. The maximum Gasteiger partial charge on any atom is 0.264 e. The average Bonchev–Trinajstić information content (AvgIpc) is 2.92. The quantitative estimate of drug-likeness (QED) is 0.670. The number of rotatable bonds is 3. The summed E-state index contributed by atoms with van der Waals surface area (Å²) < 4.78 is 0. The van der Waals surface area contributed by atoms with Gasteiger partial charge in [-0.25, -0.2) is 4.99 Å². The number of nitriles is 1. The predicted octanol–water partition coefficient (Wildman–Crippen LogP) is 1.96. The maximum absolute atomic E-state index is 12.3. The molecule has 1 aliphatic heterocycles. The molecule has 1 aliphatic rings. The van der Waals surface area contributed by atoms with E-state index in [9.17, 15) is 10.1 Å². The Balaban J connectivity index is 1.88. The van der Waals surface area contributed by atoms with E-state index in [1.165, 1.54) is 0 Å². The molecule has 0 bridgehead atoms. The van der Waals surface area contributed by atoms with Crippen molar-refractivity contribution in [1.82, 2.24) is 5.32 Å². The number of nitrogens with zero attached hydrogens (tertiary/aromatic N) is 2. The zero-order chi connectivity index (χ0) is 16.2. The summed E-state index contributed by atoms with van der Waals surface area (Å²) in [6.45, 7) is 0.346. The van der Waals surface area contributed by atoms with Crippen molar-refractivity contribution in [3.05, 3.63) is 76.9 Å². The van der Waals surface area contributed by atoms with E-state index in [4.69, 9.17) is 5.73 Å². The monoisotopic (exact) mass is 302 g/mol. The zero-order valence-electron chi connectivity index (χ0n) is 12.3. The van der Waals surface area contributed by atoms with Crippen LogP contribution in [0, 0.1) is 11.3 Å². The van der Waals surface area contributed by atoms with Gasteiger partial charge in [-0.1, -0.05) is 54.6 Å². The highest BCUT2D eigenvalue weighted by Gasteiger charge is 2.24. The molecular weight excluding hydrogens is 288 g/mol. The molecule has 5 heteroatoms. The van der Waals surface area contributed by atoms with Crippen molar-refractivity contribution in [3.8, 4) is 6.07 Å². The van der Waals surface area contributed by atoms with E-state index < -0.39 is 5.91 Å².